The summed E-state index contributed by atoms with van der Waals surface area (Å²) >= 11 is 0. The van der Waals surface area contributed by atoms with Crippen molar-refractivity contribution < 1.29 is 4.79 Å². The van der Waals surface area contributed by atoms with Crippen LogP contribution < -0.4 is 16.6 Å². The Morgan fingerprint density at radius 2 is 2.00 bits per heavy atom. The highest BCUT2D eigenvalue weighted by molar-refractivity contribution is 5.92. The van der Waals surface area contributed by atoms with Gasteiger partial charge in [0.2, 0.25) is 0 Å². The van der Waals surface area contributed by atoms with E-state index in [0.29, 0.717) is 23.5 Å². The lowest BCUT2D eigenvalue weighted by atomic mass is 10.1. The van der Waals surface area contributed by atoms with Crippen molar-refractivity contribution >= 4 is 11.6 Å². The summed E-state index contributed by atoms with van der Waals surface area (Å²) in [6, 6.07) is 12.3. The summed E-state index contributed by atoms with van der Waals surface area (Å²) in [7, 11) is 0. The quantitative estimate of drug-likeness (QED) is 0.570. The number of pyridine rings is 1. The maximum atomic E-state index is 11.9. The van der Waals surface area contributed by atoms with E-state index in [9.17, 15) is 4.79 Å². The molecule has 0 bridgehead atoms. The van der Waals surface area contributed by atoms with Crippen molar-refractivity contribution in [2.24, 2.45) is 5.84 Å². The second kappa shape index (κ2) is 6.31. The number of amides is 1. The van der Waals surface area contributed by atoms with Gasteiger partial charge in [-0.1, -0.05) is 12.1 Å². The van der Waals surface area contributed by atoms with Gasteiger partial charge in [-0.25, -0.2) is 4.98 Å². The van der Waals surface area contributed by atoms with Crippen molar-refractivity contribution in [3.8, 4) is 6.07 Å². The monoisotopic (exact) mass is 267 g/mol. The van der Waals surface area contributed by atoms with E-state index in [4.69, 9.17) is 11.1 Å². The Morgan fingerprint density at radius 3 is 2.55 bits per heavy atom. The molecule has 0 radical (unpaired) electrons. The Kier molecular flexibility index (Phi) is 4.27. The molecule has 6 nitrogen and oxygen atoms in total. The molecule has 4 N–H and O–H groups in total. The fourth-order valence-electron chi connectivity index (χ4n) is 1.58. The highest BCUT2D eigenvalue weighted by Gasteiger charge is 2.06. The van der Waals surface area contributed by atoms with Crippen LogP contribution in [0.1, 0.15) is 21.6 Å². The maximum absolute atomic E-state index is 11.9. The number of hydrogen-bond acceptors (Lipinski definition) is 5. The summed E-state index contributed by atoms with van der Waals surface area (Å²) in [5.41, 5.74) is 4.90. The predicted molar refractivity (Wildman–Crippen MR) is 74.4 cm³/mol. The second-order valence-corrected chi connectivity index (χ2v) is 4.07. The van der Waals surface area contributed by atoms with Crippen molar-refractivity contribution in [2.45, 2.75) is 6.54 Å². The average molecular weight is 267 g/mol. The summed E-state index contributed by atoms with van der Waals surface area (Å²) in [6.45, 7) is 0.378. The molecule has 6 heteroatoms. The third-order valence-corrected chi connectivity index (χ3v) is 2.70. The first-order chi connectivity index (χ1) is 9.72. The van der Waals surface area contributed by atoms with E-state index in [1.54, 1.807) is 36.4 Å². The molecule has 2 rings (SSSR count). The lowest BCUT2D eigenvalue weighted by Crippen LogP contribution is -2.23. The van der Waals surface area contributed by atoms with Crippen molar-refractivity contribution in [3.05, 3.63) is 59.4 Å². The lowest BCUT2D eigenvalue weighted by Gasteiger charge is -2.05. The Labute approximate surface area is 116 Å². The SMILES string of the molecule is N#Cc1ccc(CNC(=O)c2ccc(NN)cn2)cc1. The van der Waals surface area contributed by atoms with Gasteiger partial charge < -0.3 is 10.7 Å². The highest BCUT2D eigenvalue weighted by Crippen LogP contribution is 2.05. The smallest absolute Gasteiger partial charge is 0.270 e. The molecule has 0 unspecified atom stereocenters. The van der Waals surface area contributed by atoms with Crippen molar-refractivity contribution in [2.75, 3.05) is 5.43 Å². The standard InChI is InChI=1S/C14H13N5O/c15-7-10-1-3-11(4-2-10)8-18-14(20)13-6-5-12(19-16)9-17-13/h1-6,9,19H,8,16H2,(H,18,20). The van der Waals surface area contributed by atoms with Crippen LogP contribution in [0.3, 0.4) is 0 Å². The van der Waals surface area contributed by atoms with Gasteiger partial charge in [-0.05, 0) is 29.8 Å². The minimum absolute atomic E-state index is 0.266. The van der Waals surface area contributed by atoms with Gasteiger partial charge in [0.1, 0.15) is 5.69 Å². The maximum Gasteiger partial charge on any atom is 0.270 e. The largest absolute Gasteiger partial charge is 0.347 e. The van der Waals surface area contributed by atoms with E-state index in [2.05, 4.69) is 15.7 Å². The Balaban J connectivity index is 1.95. The number of nitrogens with zero attached hydrogens (tertiary/aromatic N) is 2. The molecule has 0 spiro atoms. The summed E-state index contributed by atoms with van der Waals surface area (Å²) in [5.74, 6) is 4.96. The van der Waals surface area contributed by atoms with Gasteiger partial charge >= 0.3 is 0 Å². The third kappa shape index (κ3) is 3.31. The number of nitrogens with one attached hydrogen (secondary N) is 2. The second-order valence-electron chi connectivity index (χ2n) is 4.07. The molecule has 0 fully saturated rings. The number of benzene rings is 1. The number of carbonyl (C=O) groups excluding carboxylic acids is 1. The van der Waals surface area contributed by atoms with Gasteiger partial charge in [0.25, 0.3) is 5.91 Å². The molecule has 20 heavy (non-hydrogen) atoms. The predicted octanol–water partition coefficient (Wildman–Crippen LogP) is 1.17. The van der Waals surface area contributed by atoms with Crippen molar-refractivity contribution in [3.63, 3.8) is 0 Å². The lowest BCUT2D eigenvalue weighted by molar-refractivity contribution is 0.0946. The number of anilines is 1. The highest BCUT2D eigenvalue weighted by atomic mass is 16.1. The zero-order valence-electron chi connectivity index (χ0n) is 10.6. The van der Waals surface area contributed by atoms with E-state index in [-0.39, 0.29) is 5.91 Å². The normalized spacial score (nSPS) is 9.60. The molecular weight excluding hydrogens is 254 g/mol. The fraction of sp³-hybridized carbons (Fsp3) is 0.0714. The van der Waals surface area contributed by atoms with Crippen LogP contribution in [0.5, 0.6) is 0 Å². The Bertz CT molecular complexity index is 628. The summed E-state index contributed by atoms with van der Waals surface area (Å²) in [4.78, 5) is 15.9. The fourth-order valence-corrected chi connectivity index (χ4v) is 1.58. The molecule has 0 aliphatic rings. The molecule has 1 aromatic carbocycles. The first-order valence-electron chi connectivity index (χ1n) is 5.93. The van der Waals surface area contributed by atoms with Crippen LogP contribution >= 0.6 is 0 Å². The van der Waals surface area contributed by atoms with Crippen LogP contribution in [-0.4, -0.2) is 10.9 Å². The molecule has 1 aromatic heterocycles. The number of nitrogen functional groups attached to an aromatic ring is 1. The first kappa shape index (κ1) is 13.5. The molecule has 0 atom stereocenters. The van der Waals surface area contributed by atoms with E-state index < -0.39 is 0 Å². The number of carbonyl (C=O) groups is 1. The van der Waals surface area contributed by atoms with Crippen LogP contribution in [0.25, 0.3) is 0 Å². The van der Waals surface area contributed by atoms with Gasteiger partial charge in [0.15, 0.2) is 0 Å². The Hall–Kier alpha value is -2.91. The van der Waals surface area contributed by atoms with Gasteiger partial charge in [-0.2, -0.15) is 5.26 Å². The number of hydrogen-bond donors (Lipinski definition) is 3. The number of hydrazine groups is 1. The van der Waals surface area contributed by atoms with E-state index >= 15 is 0 Å². The number of rotatable bonds is 4. The molecule has 1 amide bonds. The molecule has 0 saturated carbocycles. The molecular formula is C14H13N5O. The molecule has 0 aliphatic carbocycles. The number of nitriles is 1. The van der Waals surface area contributed by atoms with Gasteiger partial charge in [-0.3, -0.25) is 10.6 Å². The minimum atomic E-state index is -0.266. The van der Waals surface area contributed by atoms with Crippen LogP contribution in [0.2, 0.25) is 0 Å². The molecule has 100 valence electrons. The summed E-state index contributed by atoms with van der Waals surface area (Å²) in [5, 5.41) is 11.5. The van der Waals surface area contributed by atoms with Gasteiger partial charge in [-0.15, -0.1) is 0 Å². The zero-order chi connectivity index (χ0) is 14.4. The molecule has 2 aromatic rings. The molecule has 1 heterocycles. The zero-order valence-corrected chi connectivity index (χ0v) is 10.6. The van der Waals surface area contributed by atoms with Gasteiger partial charge in [0, 0.05) is 6.54 Å². The minimum Gasteiger partial charge on any atom is -0.347 e. The third-order valence-electron chi connectivity index (χ3n) is 2.70. The van der Waals surface area contributed by atoms with Crippen LogP contribution in [-0.2, 0) is 6.54 Å². The van der Waals surface area contributed by atoms with Crippen LogP contribution in [0.4, 0.5) is 5.69 Å². The van der Waals surface area contributed by atoms with Gasteiger partial charge in [0.05, 0.1) is 23.5 Å². The summed E-state index contributed by atoms with van der Waals surface area (Å²) in [6.07, 6.45) is 1.48. The van der Waals surface area contributed by atoms with Crippen molar-refractivity contribution in [1.82, 2.24) is 10.3 Å². The topological polar surface area (TPSA) is 104 Å². The van der Waals surface area contributed by atoms with Crippen LogP contribution in [0.15, 0.2) is 42.6 Å². The van der Waals surface area contributed by atoms with Crippen LogP contribution in [0, 0.1) is 11.3 Å². The molecule has 0 saturated heterocycles. The number of nitrogens with two attached hydrogens (primary N) is 1. The molecule has 0 aliphatic heterocycles. The van der Waals surface area contributed by atoms with E-state index in [1.165, 1.54) is 6.20 Å². The summed E-state index contributed by atoms with van der Waals surface area (Å²) < 4.78 is 0. The van der Waals surface area contributed by atoms with Crippen molar-refractivity contribution in [1.29, 1.82) is 5.26 Å². The average Bonchev–Trinajstić information content (AvgIpc) is 2.53. The Morgan fingerprint density at radius 1 is 1.25 bits per heavy atom. The number of aromatic nitrogens is 1. The van der Waals surface area contributed by atoms with E-state index in [1.807, 2.05) is 6.07 Å². The first-order valence-corrected chi connectivity index (χ1v) is 5.93. The van der Waals surface area contributed by atoms with E-state index in [0.717, 1.165) is 5.56 Å².